The van der Waals surface area contributed by atoms with Gasteiger partial charge in [0.05, 0.1) is 25.7 Å². The van der Waals surface area contributed by atoms with Crippen LogP contribution in [0, 0.1) is 10.1 Å². The number of nitro groups is 1. The number of hydrogen-bond donors (Lipinski definition) is 1. The minimum absolute atomic E-state index is 0.0224. The molecular formula is C12H8Cl3N3O3. The second-order valence-corrected chi connectivity index (χ2v) is 5.17. The van der Waals surface area contributed by atoms with E-state index in [2.05, 4.69) is 4.98 Å². The van der Waals surface area contributed by atoms with Crippen molar-refractivity contribution in [3.63, 3.8) is 0 Å². The van der Waals surface area contributed by atoms with Crippen LogP contribution < -0.4 is 10.5 Å². The first-order valence-electron chi connectivity index (χ1n) is 5.55. The van der Waals surface area contributed by atoms with E-state index in [9.17, 15) is 10.1 Å². The number of non-ortho nitro benzene ring substituents is 1. The Labute approximate surface area is 134 Å². The zero-order valence-corrected chi connectivity index (χ0v) is 12.6. The molecule has 0 radical (unpaired) electrons. The van der Waals surface area contributed by atoms with Gasteiger partial charge in [0.15, 0.2) is 5.75 Å². The largest absolute Gasteiger partial charge is 0.484 e. The molecule has 1 aromatic heterocycles. The molecule has 0 spiro atoms. The summed E-state index contributed by atoms with van der Waals surface area (Å²) in [6, 6.07) is 5.44. The molecule has 0 bridgehead atoms. The Morgan fingerprint density at radius 1 is 1.19 bits per heavy atom. The van der Waals surface area contributed by atoms with Crippen LogP contribution in [0.15, 0.2) is 24.3 Å². The summed E-state index contributed by atoms with van der Waals surface area (Å²) in [7, 11) is 0. The third kappa shape index (κ3) is 3.66. The zero-order chi connectivity index (χ0) is 15.6. The molecular weight excluding hydrogens is 341 g/mol. The van der Waals surface area contributed by atoms with E-state index in [1.165, 1.54) is 0 Å². The molecule has 2 aromatic rings. The van der Waals surface area contributed by atoms with Gasteiger partial charge in [0, 0.05) is 12.1 Å². The highest BCUT2D eigenvalue weighted by atomic mass is 35.5. The van der Waals surface area contributed by atoms with Gasteiger partial charge in [0.1, 0.15) is 12.4 Å². The maximum atomic E-state index is 10.7. The van der Waals surface area contributed by atoms with E-state index in [0.29, 0.717) is 16.5 Å². The Balaban J connectivity index is 2.24. The highest BCUT2D eigenvalue weighted by Crippen LogP contribution is 2.37. The fourth-order valence-corrected chi connectivity index (χ4v) is 2.28. The third-order valence-corrected chi connectivity index (χ3v) is 3.39. The molecule has 1 heterocycles. The number of anilines is 1. The number of hydrogen-bond acceptors (Lipinski definition) is 5. The van der Waals surface area contributed by atoms with Crippen molar-refractivity contribution in [1.82, 2.24) is 4.98 Å². The van der Waals surface area contributed by atoms with Gasteiger partial charge < -0.3 is 10.5 Å². The predicted molar refractivity (Wildman–Crippen MR) is 81.1 cm³/mol. The number of pyridine rings is 1. The van der Waals surface area contributed by atoms with E-state index in [4.69, 9.17) is 45.3 Å². The van der Waals surface area contributed by atoms with Crippen LogP contribution in [0.25, 0.3) is 0 Å². The van der Waals surface area contributed by atoms with Gasteiger partial charge in [-0.2, -0.15) is 0 Å². The van der Waals surface area contributed by atoms with Crippen LogP contribution in [0.4, 0.5) is 11.5 Å². The highest BCUT2D eigenvalue weighted by Gasteiger charge is 2.16. The van der Waals surface area contributed by atoms with Crippen molar-refractivity contribution in [1.29, 1.82) is 0 Å². The molecule has 6 nitrogen and oxygen atoms in total. The number of benzene rings is 1. The van der Waals surface area contributed by atoms with Gasteiger partial charge in [-0.3, -0.25) is 10.1 Å². The Morgan fingerprint density at radius 3 is 2.38 bits per heavy atom. The molecule has 110 valence electrons. The van der Waals surface area contributed by atoms with Gasteiger partial charge in [-0.25, -0.2) is 4.98 Å². The fourth-order valence-electron chi connectivity index (χ4n) is 1.53. The smallest absolute Gasteiger partial charge is 0.272 e. The van der Waals surface area contributed by atoms with Gasteiger partial charge in [-0.05, 0) is 12.1 Å². The molecule has 2 rings (SSSR count). The average molecular weight is 349 g/mol. The zero-order valence-electron chi connectivity index (χ0n) is 10.3. The van der Waals surface area contributed by atoms with Crippen molar-refractivity contribution in [3.05, 3.63) is 55.1 Å². The second kappa shape index (κ2) is 6.34. The predicted octanol–water partition coefficient (Wildman–Crippen LogP) is 4.11. The maximum absolute atomic E-state index is 10.7. The molecule has 0 unspecified atom stereocenters. The van der Waals surface area contributed by atoms with Crippen molar-refractivity contribution in [2.75, 3.05) is 5.73 Å². The highest BCUT2D eigenvalue weighted by molar-refractivity contribution is 6.37. The van der Waals surface area contributed by atoms with Gasteiger partial charge in [-0.1, -0.05) is 34.8 Å². The van der Waals surface area contributed by atoms with Crippen molar-refractivity contribution in [2.24, 2.45) is 0 Å². The molecule has 2 N–H and O–H groups in total. The lowest BCUT2D eigenvalue weighted by Gasteiger charge is -2.10. The molecule has 0 atom stereocenters. The van der Waals surface area contributed by atoms with Gasteiger partial charge >= 0.3 is 0 Å². The molecule has 0 saturated heterocycles. The molecule has 21 heavy (non-hydrogen) atoms. The normalized spacial score (nSPS) is 10.4. The Bertz CT molecular complexity index is 686. The first-order chi connectivity index (χ1) is 9.88. The SMILES string of the molecule is Nc1ccc(Cl)c(COc2c(Cl)cc([N+](=O)[O-])cc2Cl)n1. The maximum Gasteiger partial charge on any atom is 0.272 e. The van der Waals surface area contributed by atoms with Crippen molar-refractivity contribution in [3.8, 4) is 5.75 Å². The molecule has 1 aromatic carbocycles. The van der Waals surface area contributed by atoms with Crippen LogP contribution in [-0.2, 0) is 6.61 Å². The van der Waals surface area contributed by atoms with Crippen molar-refractivity contribution >= 4 is 46.3 Å². The van der Waals surface area contributed by atoms with Crippen LogP contribution >= 0.6 is 34.8 Å². The number of aromatic nitrogens is 1. The van der Waals surface area contributed by atoms with Crippen molar-refractivity contribution in [2.45, 2.75) is 6.61 Å². The average Bonchev–Trinajstić information content (AvgIpc) is 2.41. The van der Waals surface area contributed by atoms with Gasteiger partial charge in [0.25, 0.3) is 5.69 Å². The number of nitrogens with two attached hydrogens (primary N) is 1. The van der Waals surface area contributed by atoms with Gasteiger partial charge in [-0.15, -0.1) is 0 Å². The number of halogens is 3. The first-order valence-corrected chi connectivity index (χ1v) is 6.69. The van der Waals surface area contributed by atoms with Crippen LogP contribution in [0.3, 0.4) is 0 Å². The number of ether oxygens (including phenoxy) is 1. The number of nitro benzene ring substituents is 1. The molecule has 0 aliphatic heterocycles. The Morgan fingerprint density at radius 2 is 1.81 bits per heavy atom. The van der Waals surface area contributed by atoms with E-state index in [1.807, 2.05) is 0 Å². The molecule has 0 aliphatic rings. The van der Waals surface area contributed by atoms with E-state index in [0.717, 1.165) is 12.1 Å². The topological polar surface area (TPSA) is 91.3 Å². The molecule has 9 heteroatoms. The molecule has 0 saturated carbocycles. The van der Waals surface area contributed by atoms with Crippen LogP contribution in [0.5, 0.6) is 5.75 Å². The van der Waals surface area contributed by atoms with Gasteiger partial charge in [0.2, 0.25) is 0 Å². The number of nitrogens with zero attached hydrogens (tertiary/aromatic N) is 2. The molecule has 0 aliphatic carbocycles. The summed E-state index contributed by atoms with van der Waals surface area (Å²) in [5.41, 5.74) is 5.74. The lowest BCUT2D eigenvalue weighted by Crippen LogP contribution is -2.02. The van der Waals surface area contributed by atoms with Crippen LogP contribution in [-0.4, -0.2) is 9.91 Å². The quantitative estimate of drug-likeness (QED) is 0.663. The number of rotatable bonds is 4. The summed E-state index contributed by atoms with van der Waals surface area (Å²) in [4.78, 5) is 14.1. The summed E-state index contributed by atoms with van der Waals surface area (Å²) in [6.45, 7) is -0.0267. The second-order valence-electron chi connectivity index (χ2n) is 3.95. The van der Waals surface area contributed by atoms with E-state index in [-0.39, 0.29) is 28.1 Å². The Kier molecular flexibility index (Phi) is 4.72. The lowest BCUT2D eigenvalue weighted by atomic mass is 10.3. The van der Waals surface area contributed by atoms with E-state index >= 15 is 0 Å². The first kappa shape index (κ1) is 15.6. The fraction of sp³-hybridized carbons (Fsp3) is 0.0833. The summed E-state index contributed by atoms with van der Waals surface area (Å²) >= 11 is 17.8. The Hall–Kier alpha value is -1.76. The minimum atomic E-state index is -0.599. The lowest BCUT2D eigenvalue weighted by molar-refractivity contribution is -0.384. The summed E-state index contributed by atoms with van der Waals surface area (Å²) in [5.74, 6) is 0.406. The third-order valence-electron chi connectivity index (χ3n) is 2.49. The minimum Gasteiger partial charge on any atom is -0.484 e. The summed E-state index contributed by atoms with van der Waals surface area (Å²) < 4.78 is 5.44. The number of nitrogen functional groups attached to an aromatic ring is 1. The van der Waals surface area contributed by atoms with Crippen LogP contribution in [0.1, 0.15) is 5.69 Å². The van der Waals surface area contributed by atoms with E-state index < -0.39 is 4.92 Å². The molecule has 0 amide bonds. The standard InChI is InChI=1S/C12H8Cl3N3O3/c13-7-1-2-11(16)17-10(7)5-21-12-8(14)3-6(18(19)20)4-9(12)15/h1-4H,5H2,(H2,16,17). The monoisotopic (exact) mass is 347 g/mol. The summed E-state index contributed by atoms with van der Waals surface area (Å²) in [5, 5.41) is 11.1. The van der Waals surface area contributed by atoms with Crippen molar-refractivity contribution < 1.29 is 9.66 Å². The van der Waals surface area contributed by atoms with E-state index in [1.54, 1.807) is 12.1 Å². The van der Waals surface area contributed by atoms with Crippen LogP contribution in [0.2, 0.25) is 15.1 Å². The summed E-state index contributed by atoms with van der Waals surface area (Å²) in [6.07, 6.45) is 0. The molecule has 0 fully saturated rings.